The van der Waals surface area contributed by atoms with Crippen molar-refractivity contribution in [3.63, 3.8) is 0 Å². The molecule has 78 valence electrons. The Morgan fingerprint density at radius 3 is 3.00 bits per heavy atom. The van der Waals surface area contributed by atoms with Crippen LogP contribution >= 0.6 is 0 Å². The fourth-order valence-corrected chi connectivity index (χ4v) is 1.09. The van der Waals surface area contributed by atoms with Gasteiger partial charge in [0.05, 0.1) is 5.92 Å². The van der Waals surface area contributed by atoms with E-state index in [2.05, 4.69) is 11.2 Å². The highest BCUT2D eigenvalue weighted by Gasteiger charge is 2.07. The summed E-state index contributed by atoms with van der Waals surface area (Å²) in [5.41, 5.74) is 6.86. The van der Waals surface area contributed by atoms with Gasteiger partial charge in [0.15, 0.2) is 0 Å². The topological polar surface area (TPSA) is 55.1 Å². The number of carbonyl (C=O) groups excluding carboxylic acids is 1. The minimum absolute atomic E-state index is 0.195. The van der Waals surface area contributed by atoms with Crippen LogP contribution in [0.4, 0.5) is 5.69 Å². The van der Waals surface area contributed by atoms with E-state index in [0.717, 1.165) is 11.3 Å². The van der Waals surface area contributed by atoms with Gasteiger partial charge in [0.1, 0.15) is 0 Å². The largest absolute Gasteiger partial charge is 0.384 e. The third kappa shape index (κ3) is 3.35. The normalized spacial score (nSPS) is 11.5. The van der Waals surface area contributed by atoms with Gasteiger partial charge in [0, 0.05) is 17.8 Å². The van der Waals surface area contributed by atoms with Crippen molar-refractivity contribution >= 4 is 11.6 Å². The van der Waals surface area contributed by atoms with E-state index in [-0.39, 0.29) is 11.8 Å². The molecule has 15 heavy (non-hydrogen) atoms. The molecule has 0 fully saturated rings. The second kappa shape index (κ2) is 5.06. The van der Waals surface area contributed by atoms with Crippen LogP contribution < -0.4 is 11.1 Å². The van der Waals surface area contributed by atoms with Gasteiger partial charge in [-0.05, 0) is 18.2 Å². The van der Waals surface area contributed by atoms with Gasteiger partial charge in [-0.25, -0.2) is 0 Å². The lowest BCUT2D eigenvalue weighted by Gasteiger charge is -2.10. The molecule has 3 nitrogen and oxygen atoms in total. The Labute approximate surface area is 89.7 Å². The molecular weight excluding hydrogens is 188 g/mol. The number of carbonyl (C=O) groups is 1. The van der Waals surface area contributed by atoms with Gasteiger partial charge >= 0.3 is 0 Å². The third-order valence-electron chi connectivity index (χ3n) is 2.13. The molecule has 0 saturated carbocycles. The molecule has 1 aromatic carbocycles. The van der Waals surface area contributed by atoms with Gasteiger partial charge in [-0.3, -0.25) is 4.79 Å². The molecule has 0 aliphatic heterocycles. The molecule has 0 radical (unpaired) electrons. The number of terminal acetylenes is 1. The first-order chi connectivity index (χ1) is 7.13. The van der Waals surface area contributed by atoms with Gasteiger partial charge in [0.25, 0.3) is 0 Å². The van der Waals surface area contributed by atoms with Gasteiger partial charge in [-0.2, -0.15) is 0 Å². The average Bonchev–Trinajstić information content (AvgIpc) is 2.26. The molecule has 3 heteroatoms. The van der Waals surface area contributed by atoms with Crippen LogP contribution in [0.2, 0.25) is 0 Å². The van der Waals surface area contributed by atoms with Crippen LogP contribution in [-0.2, 0) is 4.79 Å². The summed E-state index contributed by atoms with van der Waals surface area (Å²) in [7, 11) is 0. The highest BCUT2D eigenvalue weighted by molar-refractivity contribution is 5.76. The number of rotatable bonds is 4. The maximum Gasteiger partial charge on any atom is 0.222 e. The maximum atomic E-state index is 10.8. The summed E-state index contributed by atoms with van der Waals surface area (Å²) in [5, 5.41) is 3.10. The smallest absolute Gasteiger partial charge is 0.222 e. The van der Waals surface area contributed by atoms with Gasteiger partial charge in [-0.1, -0.05) is 18.9 Å². The number of hydrogen-bond acceptors (Lipinski definition) is 2. The van der Waals surface area contributed by atoms with Crippen molar-refractivity contribution in [1.82, 2.24) is 0 Å². The molecule has 0 aromatic heterocycles. The van der Waals surface area contributed by atoms with Crippen molar-refractivity contribution in [3.8, 4) is 12.3 Å². The first-order valence-electron chi connectivity index (χ1n) is 4.73. The van der Waals surface area contributed by atoms with Crippen LogP contribution in [0.3, 0.4) is 0 Å². The van der Waals surface area contributed by atoms with E-state index in [1.54, 1.807) is 6.92 Å². The van der Waals surface area contributed by atoms with Crippen molar-refractivity contribution in [2.75, 3.05) is 11.9 Å². The summed E-state index contributed by atoms with van der Waals surface area (Å²) in [6, 6.07) is 7.47. The molecule has 3 N–H and O–H groups in total. The molecule has 1 atom stereocenters. The van der Waals surface area contributed by atoms with Crippen molar-refractivity contribution in [2.45, 2.75) is 6.92 Å². The molecule has 0 saturated heterocycles. The molecule has 0 aliphatic carbocycles. The Hall–Kier alpha value is -1.95. The minimum Gasteiger partial charge on any atom is -0.384 e. The summed E-state index contributed by atoms with van der Waals surface area (Å²) < 4.78 is 0. The van der Waals surface area contributed by atoms with E-state index in [4.69, 9.17) is 12.2 Å². The van der Waals surface area contributed by atoms with E-state index in [9.17, 15) is 4.79 Å². The summed E-state index contributed by atoms with van der Waals surface area (Å²) in [4.78, 5) is 10.8. The minimum atomic E-state index is -0.310. The van der Waals surface area contributed by atoms with Gasteiger partial charge in [-0.15, -0.1) is 6.42 Å². The predicted octanol–water partition coefficient (Wildman–Crippen LogP) is 1.20. The zero-order valence-electron chi connectivity index (χ0n) is 8.66. The molecule has 0 spiro atoms. The number of benzene rings is 1. The molecule has 1 aromatic rings. The van der Waals surface area contributed by atoms with E-state index >= 15 is 0 Å². The highest BCUT2D eigenvalue weighted by Crippen LogP contribution is 2.10. The standard InChI is InChI=1S/C12H14N2O/c1-3-10-5-4-6-11(7-10)14-8-9(2)12(13)15/h1,4-7,9,14H,8H2,2H3,(H2,13,15). The molecular formula is C12H14N2O. The number of nitrogens with two attached hydrogens (primary N) is 1. The van der Waals surface area contributed by atoms with Crippen molar-refractivity contribution in [1.29, 1.82) is 0 Å². The summed E-state index contributed by atoms with van der Waals surface area (Å²) >= 11 is 0. The lowest BCUT2D eigenvalue weighted by atomic mass is 10.1. The number of anilines is 1. The second-order valence-corrected chi connectivity index (χ2v) is 3.41. The van der Waals surface area contributed by atoms with E-state index in [1.165, 1.54) is 0 Å². The molecule has 0 aliphatic rings. The van der Waals surface area contributed by atoms with Crippen LogP contribution in [-0.4, -0.2) is 12.5 Å². The predicted molar refractivity (Wildman–Crippen MR) is 61.2 cm³/mol. The number of hydrogen-bond donors (Lipinski definition) is 2. The maximum absolute atomic E-state index is 10.8. The Kier molecular flexibility index (Phi) is 3.75. The zero-order chi connectivity index (χ0) is 11.3. The Bertz CT molecular complexity index is 393. The van der Waals surface area contributed by atoms with Crippen LogP contribution in [0.25, 0.3) is 0 Å². The fraction of sp³-hybridized carbons (Fsp3) is 0.250. The SMILES string of the molecule is C#Cc1cccc(NCC(C)C(N)=O)c1. The Morgan fingerprint density at radius 1 is 1.67 bits per heavy atom. The monoisotopic (exact) mass is 202 g/mol. The number of primary amides is 1. The lowest BCUT2D eigenvalue weighted by Crippen LogP contribution is -2.26. The van der Waals surface area contributed by atoms with Crippen LogP contribution in [0, 0.1) is 18.3 Å². The highest BCUT2D eigenvalue weighted by atomic mass is 16.1. The lowest BCUT2D eigenvalue weighted by molar-refractivity contribution is -0.120. The summed E-state index contributed by atoms with van der Waals surface area (Å²) in [6.45, 7) is 2.30. The third-order valence-corrected chi connectivity index (χ3v) is 2.13. The second-order valence-electron chi connectivity index (χ2n) is 3.41. The fourth-order valence-electron chi connectivity index (χ4n) is 1.09. The summed E-state index contributed by atoms with van der Waals surface area (Å²) in [6.07, 6.45) is 5.27. The first-order valence-corrected chi connectivity index (χ1v) is 4.73. The van der Waals surface area contributed by atoms with Gasteiger partial charge < -0.3 is 11.1 Å². The van der Waals surface area contributed by atoms with Crippen LogP contribution in [0.15, 0.2) is 24.3 Å². The first kappa shape index (κ1) is 11.1. The van der Waals surface area contributed by atoms with Crippen LogP contribution in [0.1, 0.15) is 12.5 Å². The molecule has 0 bridgehead atoms. The Morgan fingerprint density at radius 2 is 2.40 bits per heavy atom. The number of nitrogens with one attached hydrogen (secondary N) is 1. The number of amides is 1. The molecule has 0 heterocycles. The van der Waals surface area contributed by atoms with Crippen molar-refractivity contribution in [2.24, 2.45) is 11.7 Å². The molecule has 1 unspecified atom stereocenters. The van der Waals surface area contributed by atoms with E-state index in [0.29, 0.717) is 6.54 Å². The average molecular weight is 202 g/mol. The van der Waals surface area contributed by atoms with Crippen molar-refractivity contribution in [3.05, 3.63) is 29.8 Å². The van der Waals surface area contributed by atoms with E-state index < -0.39 is 0 Å². The zero-order valence-corrected chi connectivity index (χ0v) is 8.66. The molecule has 1 rings (SSSR count). The van der Waals surface area contributed by atoms with Crippen molar-refractivity contribution < 1.29 is 4.79 Å². The Balaban J connectivity index is 2.58. The summed E-state index contributed by atoms with van der Waals surface area (Å²) in [5.74, 6) is 2.04. The van der Waals surface area contributed by atoms with Gasteiger partial charge in [0.2, 0.25) is 5.91 Å². The van der Waals surface area contributed by atoms with Crippen LogP contribution in [0.5, 0.6) is 0 Å². The van der Waals surface area contributed by atoms with E-state index in [1.807, 2.05) is 24.3 Å². The molecule has 1 amide bonds. The quantitative estimate of drug-likeness (QED) is 0.721.